The van der Waals surface area contributed by atoms with E-state index in [9.17, 15) is 14.9 Å². The van der Waals surface area contributed by atoms with Gasteiger partial charge in [0, 0.05) is 18.7 Å². The first-order chi connectivity index (χ1) is 12.3. The molecule has 8 nitrogen and oxygen atoms in total. The summed E-state index contributed by atoms with van der Waals surface area (Å²) < 4.78 is 0. The number of pyridine rings is 1. The third-order valence-corrected chi connectivity index (χ3v) is 4.13. The van der Waals surface area contributed by atoms with Crippen molar-refractivity contribution >= 4 is 46.5 Å². The largest absolute Gasteiger partial charge is 0.481 e. The van der Waals surface area contributed by atoms with E-state index >= 15 is 0 Å². The summed E-state index contributed by atoms with van der Waals surface area (Å²) in [5, 5.41) is 26.6. The second kappa shape index (κ2) is 8.68. The maximum absolute atomic E-state index is 11.1. The number of benzene rings is 1. The molecule has 26 heavy (non-hydrogen) atoms. The molecular weight excluding hydrogens is 383 g/mol. The van der Waals surface area contributed by atoms with Crippen LogP contribution in [0.15, 0.2) is 30.3 Å². The molecule has 2 aromatic rings. The lowest BCUT2D eigenvalue weighted by atomic mass is 10.2. The Morgan fingerprint density at radius 3 is 2.65 bits per heavy atom. The quantitative estimate of drug-likeness (QED) is 0.450. The third-order valence-electron chi connectivity index (χ3n) is 3.39. The molecule has 1 heterocycles. The molecule has 1 aromatic heterocycles. The summed E-state index contributed by atoms with van der Waals surface area (Å²) in [4.78, 5) is 25.5. The van der Waals surface area contributed by atoms with Crippen LogP contribution in [0.25, 0.3) is 0 Å². The molecule has 0 saturated carbocycles. The molecule has 2 rings (SSSR count). The minimum atomic E-state index is -1.01. The van der Waals surface area contributed by atoms with Gasteiger partial charge in [0.1, 0.15) is 5.82 Å². The fourth-order valence-corrected chi connectivity index (χ4v) is 2.51. The number of nitrogens with zero attached hydrogens (tertiary/aromatic N) is 2. The summed E-state index contributed by atoms with van der Waals surface area (Å²) in [7, 11) is 0. The van der Waals surface area contributed by atoms with E-state index in [0.29, 0.717) is 22.4 Å². The average molecular weight is 399 g/mol. The maximum atomic E-state index is 11.1. The molecule has 0 spiro atoms. The predicted molar refractivity (Wildman–Crippen MR) is 100 cm³/mol. The van der Waals surface area contributed by atoms with Crippen LogP contribution < -0.4 is 10.6 Å². The van der Waals surface area contributed by atoms with Gasteiger partial charge in [0.25, 0.3) is 0 Å². The Balaban J connectivity index is 2.15. The van der Waals surface area contributed by atoms with Crippen LogP contribution in [0.2, 0.25) is 10.0 Å². The van der Waals surface area contributed by atoms with Crippen molar-refractivity contribution in [3.8, 4) is 0 Å². The number of anilines is 2. The van der Waals surface area contributed by atoms with Crippen LogP contribution in [0.3, 0.4) is 0 Å². The lowest BCUT2D eigenvalue weighted by Crippen LogP contribution is -2.21. The average Bonchev–Trinajstić information content (AvgIpc) is 2.55. The topological polar surface area (TPSA) is 117 Å². The molecule has 0 aliphatic carbocycles. The van der Waals surface area contributed by atoms with Crippen molar-refractivity contribution in [2.45, 2.75) is 25.9 Å². The minimum Gasteiger partial charge on any atom is -0.481 e. The van der Waals surface area contributed by atoms with Gasteiger partial charge in [-0.3, -0.25) is 14.9 Å². The highest BCUT2D eigenvalue weighted by molar-refractivity contribution is 6.42. The Hall–Kier alpha value is -2.58. The lowest BCUT2D eigenvalue weighted by molar-refractivity contribution is -0.384. The summed E-state index contributed by atoms with van der Waals surface area (Å²) in [6.45, 7) is 1.99. The lowest BCUT2D eigenvalue weighted by Gasteiger charge is -2.14. The van der Waals surface area contributed by atoms with Gasteiger partial charge >= 0.3 is 11.7 Å². The number of aliphatic carboxylic acids is 1. The van der Waals surface area contributed by atoms with Crippen LogP contribution in [-0.2, 0) is 11.3 Å². The molecule has 3 N–H and O–H groups in total. The van der Waals surface area contributed by atoms with Crippen molar-refractivity contribution in [3.63, 3.8) is 0 Å². The number of nitro groups is 1. The number of carboxylic acids is 1. The summed E-state index contributed by atoms with van der Waals surface area (Å²) in [5.41, 5.74) is 0.621. The summed E-state index contributed by atoms with van der Waals surface area (Å²) in [5.74, 6) is -0.615. The highest BCUT2D eigenvalue weighted by atomic mass is 35.5. The molecule has 10 heteroatoms. The van der Waals surface area contributed by atoms with E-state index in [0.717, 1.165) is 5.56 Å². The fourth-order valence-electron chi connectivity index (χ4n) is 2.19. The second-order valence-electron chi connectivity index (χ2n) is 5.57. The molecule has 1 unspecified atom stereocenters. The van der Waals surface area contributed by atoms with Gasteiger partial charge in [0.15, 0.2) is 0 Å². The van der Waals surface area contributed by atoms with Crippen molar-refractivity contribution in [1.29, 1.82) is 0 Å². The van der Waals surface area contributed by atoms with Crippen molar-refractivity contribution in [2.24, 2.45) is 0 Å². The zero-order chi connectivity index (χ0) is 19.3. The predicted octanol–water partition coefficient (Wildman–Crippen LogP) is 4.18. The molecule has 138 valence electrons. The van der Waals surface area contributed by atoms with Crippen LogP contribution in [0.4, 0.5) is 17.3 Å². The minimum absolute atomic E-state index is 0.00267. The molecular formula is C16H16Cl2N4O4. The Morgan fingerprint density at radius 2 is 2.04 bits per heavy atom. The summed E-state index contributed by atoms with van der Waals surface area (Å²) >= 11 is 11.8. The fraction of sp³-hybridized carbons (Fsp3) is 0.250. The normalized spacial score (nSPS) is 11.7. The van der Waals surface area contributed by atoms with E-state index < -0.39 is 16.9 Å². The van der Waals surface area contributed by atoms with Gasteiger partial charge in [0.05, 0.1) is 21.4 Å². The Morgan fingerprint density at radius 1 is 1.31 bits per heavy atom. The van der Waals surface area contributed by atoms with Crippen LogP contribution in [0.5, 0.6) is 0 Å². The second-order valence-corrected chi connectivity index (χ2v) is 6.38. The smallest absolute Gasteiger partial charge is 0.311 e. The first kappa shape index (κ1) is 19.7. The Labute approximate surface area is 159 Å². The summed E-state index contributed by atoms with van der Waals surface area (Å²) in [6, 6.07) is 7.42. The van der Waals surface area contributed by atoms with Crippen molar-refractivity contribution in [2.75, 3.05) is 10.6 Å². The van der Waals surface area contributed by atoms with Crippen LogP contribution >= 0.6 is 23.2 Å². The Kier molecular flexibility index (Phi) is 6.59. The van der Waals surface area contributed by atoms with Crippen LogP contribution in [-0.4, -0.2) is 27.0 Å². The van der Waals surface area contributed by atoms with Gasteiger partial charge in [-0.2, -0.15) is 0 Å². The van der Waals surface area contributed by atoms with Gasteiger partial charge < -0.3 is 15.7 Å². The molecule has 0 bridgehead atoms. The van der Waals surface area contributed by atoms with Gasteiger partial charge in [0.2, 0.25) is 5.82 Å². The monoisotopic (exact) mass is 398 g/mol. The molecule has 0 aliphatic heterocycles. The molecule has 1 aromatic carbocycles. The first-order valence-corrected chi connectivity index (χ1v) is 8.33. The zero-order valence-electron chi connectivity index (χ0n) is 13.7. The van der Waals surface area contributed by atoms with E-state index in [2.05, 4.69) is 15.6 Å². The summed E-state index contributed by atoms with van der Waals surface area (Å²) in [6.07, 6.45) is -0.195. The van der Waals surface area contributed by atoms with E-state index in [1.807, 2.05) is 0 Å². The molecule has 0 saturated heterocycles. The number of nitrogens with one attached hydrogen (secondary N) is 2. The van der Waals surface area contributed by atoms with Gasteiger partial charge in [-0.05, 0) is 30.7 Å². The number of carbonyl (C=O) groups is 1. The highest BCUT2D eigenvalue weighted by Crippen LogP contribution is 2.26. The number of hydrogen-bond acceptors (Lipinski definition) is 6. The highest BCUT2D eigenvalue weighted by Gasteiger charge is 2.19. The van der Waals surface area contributed by atoms with E-state index in [-0.39, 0.29) is 17.9 Å². The van der Waals surface area contributed by atoms with E-state index in [1.54, 1.807) is 25.1 Å². The standard InChI is InChI=1S/C16H16Cl2N4O4/c1-9(6-15(23)24)20-16-13(22(25)26)4-5-14(21-16)19-8-10-2-3-11(17)12(18)7-10/h2-5,7,9H,6,8H2,1H3,(H,23,24)(H2,19,20,21). The number of rotatable bonds is 8. The maximum Gasteiger partial charge on any atom is 0.311 e. The number of halogens is 2. The molecule has 1 atom stereocenters. The van der Waals surface area contributed by atoms with E-state index in [4.69, 9.17) is 28.3 Å². The third kappa shape index (κ3) is 5.47. The van der Waals surface area contributed by atoms with Gasteiger partial charge in [-0.1, -0.05) is 29.3 Å². The molecule has 0 fully saturated rings. The Bertz CT molecular complexity index is 832. The van der Waals surface area contributed by atoms with E-state index in [1.165, 1.54) is 12.1 Å². The number of hydrogen-bond donors (Lipinski definition) is 3. The van der Waals surface area contributed by atoms with Crippen LogP contribution in [0, 0.1) is 10.1 Å². The SMILES string of the molecule is CC(CC(=O)O)Nc1nc(NCc2ccc(Cl)c(Cl)c2)ccc1[N+](=O)[O-]. The van der Waals surface area contributed by atoms with Gasteiger partial charge in [-0.15, -0.1) is 0 Å². The molecule has 0 radical (unpaired) electrons. The van der Waals surface area contributed by atoms with Gasteiger partial charge in [-0.25, -0.2) is 4.98 Å². The van der Waals surface area contributed by atoms with Crippen LogP contribution in [0.1, 0.15) is 18.9 Å². The van der Waals surface area contributed by atoms with Crippen molar-refractivity contribution < 1.29 is 14.8 Å². The molecule has 0 aliphatic rings. The molecule has 0 amide bonds. The van der Waals surface area contributed by atoms with Crippen molar-refractivity contribution in [3.05, 3.63) is 56.1 Å². The number of aromatic nitrogens is 1. The van der Waals surface area contributed by atoms with Crippen molar-refractivity contribution in [1.82, 2.24) is 4.98 Å². The number of carboxylic acid groups (broad SMARTS) is 1. The zero-order valence-corrected chi connectivity index (χ0v) is 15.2. The first-order valence-electron chi connectivity index (χ1n) is 7.58.